The van der Waals surface area contributed by atoms with Crippen molar-refractivity contribution in [3.05, 3.63) is 35.4 Å². The van der Waals surface area contributed by atoms with Crippen LogP contribution in [0.4, 0.5) is 8.78 Å². The van der Waals surface area contributed by atoms with Gasteiger partial charge in [0.05, 0.1) is 6.04 Å². The SMILES string of the molecule is CC(C)N1CCCCC(N)C1c1cc(F)ccc1F. The van der Waals surface area contributed by atoms with Gasteiger partial charge in [-0.15, -0.1) is 0 Å². The standard InChI is InChI=1S/C15H22F2N2/c1-10(2)19-8-4-3-5-14(18)15(19)12-9-11(16)6-7-13(12)17/h6-7,9-10,14-15H,3-5,8,18H2,1-2H3. The topological polar surface area (TPSA) is 29.3 Å². The molecule has 2 atom stereocenters. The number of hydrogen-bond donors (Lipinski definition) is 1. The quantitative estimate of drug-likeness (QED) is 0.892. The number of nitrogens with zero attached hydrogens (tertiary/aromatic N) is 1. The van der Waals surface area contributed by atoms with E-state index in [-0.39, 0.29) is 23.9 Å². The van der Waals surface area contributed by atoms with Crippen LogP contribution in [-0.2, 0) is 0 Å². The molecule has 1 fully saturated rings. The maximum atomic E-state index is 14.0. The fourth-order valence-corrected chi connectivity index (χ4v) is 2.95. The van der Waals surface area contributed by atoms with Crippen molar-refractivity contribution in [1.82, 2.24) is 4.90 Å². The fraction of sp³-hybridized carbons (Fsp3) is 0.600. The molecule has 106 valence electrons. The highest BCUT2D eigenvalue weighted by Gasteiger charge is 2.32. The van der Waals surface area contributed by atoms with E-state index in [2.05, 4.69) is 18.7 Å². The molecule has 0 radical (unpaired) electrons. The molecule has 1 heterocycles. The summed E-state index contributed by atoms with van der Waals surface area (Å²) in [6, 6.07) is 3.51. The third kappa shape index (κ3) is 3.12. The highest BCUT2D eigenvalue weighted by Crippen LogP contribution is 2.32. The summed E-state index contributed by atoms with van der Waals surface area (Å²) in [7, 11) is 0. The van der Waals surface area contributed by atoms with Crippen molar-refractivity contribution in [3.63, 3.8) is 0 Å². The molecule has 0 amide bonds. The molecule has 19 heavy (non-hydrogen) atoms. The van der Waals surface area contributed by atoms with Gasteiger partial charge in [-0.1, -0.05) is 6.42 Å². The molecule has 0 saturated carbocycles. The number of halogens is 2. The first-order valence-corrected chi connectivity index (χ1v) is 6.97. The lowest BCUT2D eigenvalue weighted by Crippen LogP contribution is -2.43. The first-order chi connectivity index (χ1) is 9.00. The number of likely N-dealkylation sites (tertiary alicyclic amines) is 1. The highest BCUT2D eigenvalue weighted by atomic mass is 19.1. The van der Waals surface area contributed by atoms with Crippen molar-refractivity contribution in [2.75, 3.05) is 6.54 Å². The molecule has 1 aromatic rings. The molecule has 2 N–H and O–H groups in total. The van der Waals surface area contributed by atoms with Gasteiger partial charge in [-0.05, 0) is 51.4 Å². The molecule has 1 saturated heterocycles. The Labute approximate surface area is 113 Å². The number of rotatable bonds is 2. The van der Waals surface area contributed by atoms with E-state index in [4.69, 9.17) is 5.73 Å². The maximum Gasteiger partial charge on any atom is 0.128 e. The average molecular weight is 268 g/mol. The third-order valence-corrected chi connectivity index (χ3v) is 3.91. The summed E-state index contributed by atoms with van der Waals surface area (Å²) in [5.41, 5.74) is 6.62. The Hall–Kier alpha value is -1.00. The largest absolute Gasteiger partial charge is 0.326 e. The van der Waals surface area contributed by atoms with Crippen molar-refractivity contribution in [3.8, 4) is 0 Å². The van der Waals surface area contributed by atoms with Crippen LogP contribution in [0.1, 0.15) is 44.7 Å². The van der Waals surface area contributed by atoms with Gasteiger partial charge in [0, 0.05) is 17.6 Å². The molecule has 1 aliphatic heterocycles. The van der Waals surface area contributed by atoms with Crippen molar-refractivity contribution < 1.29 is 8.78 Å². The molecular formula is C15H22F2N2. The van der Waals surface area contributed by atoms with Gasteiger partial charge in [-0.3, -0.25) is 4.90 Å². The van der Waals surface area contributed by atoms with E-state index >= 15 is 0 Å². The van der Waals surface area contributed by atoms with Gasteiger partial charge < -0.3 is 5.73 Å². The van der Waals surface area contributed by atoms with E-state index in [0.717, 1.165) is 31.9 Å². The van der Waals surface area contributed by atoms with Gasteiger partial charge in [-0.25, -0.2) is 8.78 Å². The van der Waals surface area contributed by atoms with Gasteiger partial charge in [0.1, 0.15) is 11.6 Å². The summed E-state index contributed by atoms with van der Waals surface area (Å²) >= 11 is 0. The highest BCUT2D eigenvalue weighted by molar-refractivity contribution is 5.24. The number of hydrogen-bond acceptors (Lipinski definition) is 2. The summed E-state index contributed by atoms with van der Waals surface area (Å²) < 4.78 is 27.5. The second-order valence-corrected chi connectivity index (χ2v) is 5.60. The lowest BCUT2D eigenvalue weighted by Gasteiger charge is -2.36. The van der Waals surface area contributed by atoms with Gasteiger partial charge in [-0.2, -0.15) is 0 Å². The van der Waals surface area contributed by atoms with Crippen molar-refractivity contribution >= 4 is 0 Å². The van der Waals surface area contributed by atoms with Gasteiger partial charge >= 0.3 is 0 Å². The predicted molar refractivity (Wildman–Crippen MR) is 72.8 cm³/mol. The minimum absolute atomic E-state index is 0.152. The van der Waals surface area contributed by atoms with Crippen LogP contribution in [0.15, 0.2) is 18.2 Å². The van der Waals surface area contributed by atoms with Crippen LogP contribution >= 0.6 is 0 Å². The van der Waals surface area contributed by atoms with E-state index in [1.165, 1.54) is 12.1 Å². The normalized spacial score (nSPS) is 25.6. The minimum atomic E-state index is -0.406. The maximum absolute atomic E-state index is 14.0. The Morgan fingerprint density at radius 3 is 2.68 bits per heavy atom. The summed E-state index contributed by atoms with van der Waals surface area (Å²) in [4.78, 5) is 2.19. The van der Waals surface area contributed by atoms with Crippen molar-refractivity contribution in [2.45, 2.75) is 51.2 Å². The zero-order chi connectivity index (χ0) is 14.0. The predicted octanol–water partition coefficient (Wildman–Crippen LogP) is 3.23. The summed E-state index contributed by atoms with van der Waals surface area (Å²) in [5, 5.41) is 0. The van der Waals surface area contributed by atoms with Crippen molar-refractivity contribution in [1.29, 1.82) is 0 Å². The second kappa shape index (κ2) is 5.97. The third-order valence-electron chi connectivity index (χ3n) is 3.91. The van der Waals surface area contributed by atoms with Gasteiger partial charge in [0.15, 0.2) is 0 Å². The fourth-order valence-electron chi connectivity index (χ4n) is 2.95. The molecular weight excluding hydrogens is 246 g/mol. The van der Waals surface area contributed by atoms with Gasteiger partial charge in [0.25, 0.3) is 0 Å². The monoisotopic (exact) mass is 268 g/mol. The van der Waals surface area contributed by atoms with Crippen LogP contribution in [0, 0.1) is 11.6 Å². The minimum Gasteiger partial charge on any atom is -0.326 e. The van der Waals surface area contributed by atoms with Crippen LogP contribution in [0.25, 0.3) is 0 Å². The van der Waals surface area contributed by atoms with Crippen LogP contribution < -0.4 is 5.73 Å². The molecule has 4 heteroatoms. The van der Waals surface area contributed by atoms with Crippen LogP contribution in [0.2, 0.25) is 0 Å². The molecule has 2 nitrogen and oxygen atoms in total. The van der Waals surface area contributed by atoms with Crippen LogP contribution in [0.3, 0.4) is 0 Å². The van der Waals surface area contributed by atoms with Crippen LogP contribution in [0.5, 0.6) is 0 Å². The van der Waals surface area contributed by atoms with E-state index in [1.807, 2.05) is 0 Å². The van der Waals surface area contributed by atoms with E-state index in [1.54, 1.807) is 0 Å². The second-order valence-electron chi connectivity index (χ2n) is 5.60. The Bertz CT molecular complexity index is 434. The zero-order valence-electron chi connectivity index (χ0n) is 11.6. The van der Waals surface area contributed by atoms with E-state index in [9.17, 15) is 8.78 Å². The van der Waals surface area contributed by atoms with E-state index < -0.39 is 5.82 Å². The molecule has 1 aliphatic rings. The molecule has 1 aromatic carbocycles. The number of nitrogens with two attached hydrogens (primary N) is 1. The first-order valence-electron chi connectivity index (χ1n) is 6.97. The zero-order valence-corrected chi connectivity index (χ0v) is 11.6. The molecule has 0 aromatic heterocycles. The Morgan fingerprint density at radius 1 is 1.26 bits per heavy atom. The lowest BCUT2D eigenvalue weighted by molar-refractivity contribution is 0.140. The van der Waals surface area contributed by atoms with Crippen molar-refractivity contribution in [2.24, 2.45) is 5.73 Å². The van der Waals surface area contributed by atoms with Crippen LogP contribution in [-0.4, -0.2) is 23.5 Å². The Kier molecular flexibility index (Phi) is 4.53. The van der Waals surface area contributed by atoms with E-state index in [0.29, 0.717) is 5.56 Å². The Balaban J connectivity index is 2.43. The number of benzene rings is 1. The molecule has 0 spiro atoms. The summed E-state index contributed by atoms with van der Waals surface area (Å²) in [5.74, 6) is -0.772. The first kappa shape index (κ1) is 14.4. The molecule has 2 rings (SSSR count). The summed E-state index contributed by atoms with van der Waals surface area (Å²) in [6.45, 7) is 5.02. The smallest absolute Gasteiger partial charge is 0.128 e. The molecule has 0 bridgehead atoms. The average Bonchev–Trinajstić information content (AvgIpc) is 2.54. The molecule has 0 aliphatic carbocycles. The van der Waals surface area contributed by atoms with Gasteiger partial charge in [0.2, 0.25) is 0 Å². The lowest BCUT2D eigenvalue weighted by atomic mass is 9.95. The Morgan fingerprint density at radius 2 is 2.00 bits per heavy atom. The summed E-state index contributed by atoms with van der Waals surface area (Å²) in [6.07, 6.45) is 2.95. The molecule has 2 unspecified atom stereocenters.